The predicted molar refractivity (Wildman–Crippen MR) is 80.5 cm³/mol. The van der Waals surface area contributed by atoms with E-state index in [0.717, 1.165) is 12.0 Å². The van der Waals surface area contributed by atoms with Gasteiger partial charge in [0, 0.05) is 25.2 Å². The minimum Gasteiger partial charge on any atom is -0.346 e. The highest BCUT2D eigenvalue weighted by atomic mass is 16.7. The molecule has 0 amide bonds. The van der Waals surface area contributed by atoms with E-state index in [0.29, 0.717) is 13.2 Å². The first-order valence-electron chi connectivity index (χ1n) is 7.26. The van der Waals surface area contributed by atoms with Crippen LogP contribution in [0.4, 0.5) is 0 Å². The van der Waals surface area contributed by atoms with Crippen LogP contribution in [0.1, 0.15) is 25.0 Å². The van der Waals surface area contributed by atoms with Gasteiger partial charge in [-0.1, -0.05) is 48.5 Å². The zero-order chi connectivity index (χ0) is 14.0. The van der Waals surface area contributed by atoms with Crippen molar-refractivity contribution in [3.8, 4) is 11.1 Å². The Bertz CT molecular complexity index is 598. The molecular formula is C18H20O2. The van der Waals surface area contributed by atoms with Crippen molar-refractivity contribution in [2.75, 3.05) is 13.2 Å². The van der Waals surface area contributed by atoms with Crippen molar-refractivity contribution in [2.45, 2.75) is 26.1 Å². The van der Waals surface area contributed by atoms with Crippen LogP contribution >= 0.6 is 0 Å². The van der Waals surface area contributed by atoms with Crippen LogP contribution in [0.2, 0.25) is 0 Å². The first-order valence-corrected chi connectivity index (χ1v) is 7.26. The highest BCUT2D eigenvalue weighted by molar-refractivity contribution is 5.74. The van der Waals surface area contributed by atoms with Crippen LogP contribution < -0.4 is 0 Å². The van der Waals surface area contributed by atoms with E-state index in [1.807, 2.05) is 13.8 Å². The quantitative estimate of drug-likeness (QED) is 0.776. The normalized spacial score (nSPS) is 15.5. The van der Waals surface area contributed by atoms with Gasteiger partial charge in [-0.15, -0.1) is 0 Å². The molecule has 0 spiro atoms. The average molecular weight is 268 g/mol. The van der Waals surface area contributed by atoms with Gasteiger partial charge in [-0.3, -0.25) is 0 Å². The summed E-state index contributed by atoms with van der Waals surface area (Å²) in [5.41, 5.74) is 4.94. The molecule has 0 saturated carbocycles. The lowest BCUT2D eigenvalue weighted by Gasteiger charge is -2.39. The van der Waals surface area contributed by atoms with Gasteiger partial charge in [0.2, 0.25) is 0 Å². The Balaban J connectivity index is 2.21. The Kier molecular flexibility index (Phi) is 3.60. The van der Waals surface area contributed by atoms with Crippen LogP contribution in [0.15, 0.2) is 48.5 Å². The number of fused-ring (bicyclic) bond motifs is 3. The summed E-state index contributed by atoms with van der Waals surface area (Å²) in [6.45, 7) is 5.31. The Morgan fingerprint density at radius 2 is 1.45 bits per heavy atom. The fourth-order valence-electron chi connectivity index (χ4n) is 3.10. The molecule has 2 aromatic carbocycles. The molecule has 0 heterocycles. The van der Waals surface area contributed by atoms with Crippen LogP contribution in [-0.2, 0) is 21.7 Å². The molecule has 2 heteroatoms. The molecule has 0 bridgehead atoms. The van der Waals surface area contributed by atoms with Gasteiger partial charge in [0.15, 0.2) is 5.79 Å². The van der Waals surface area contributed by atoms with Crippen LogP contribution in [0.25, 0.3) is 11.1 Å². The molecule has 0 atom stereocenters. The van der Waals surface area contributed by atoms with E-state index in [1.165, 1.54) is 16.7 Å². The second kappa shape index (κ2) is 5.39. The fraction of sp³-hybridized carbons (Fsp3) is 0.333. The molecule has 3 rings (SSSR count). The van der Waals surface area contributed by atoms with Crippen LogP contribution in [0.5, 0.6) is 0 Å². The molecule has 0 unspecified atom stereocenters. The van der Waals surface area contributed by atoms with Gasteiger partial charge in [0.05, 0.1) is 0 Å². The third-order valence-electron chi connectivity index (χ3n) is 3.82. The van der Waals surface area contributed by atoms with Gasteiger partial charge in [-0.05, 0) is 30.5 Å². The fourth-order valence-corrected chi connectivity index (χ4v) is 3.10. The van der Waals surface area contributed by atoms with Gasteiger partial charge < -0.3 is 9.47 Å². The van der Waals surface area contributed by atoms with Crippen molar-refractivity contribution in [2.24, 2.45) is 0 Å². The maximum absolute atomic E-state index is 6.07. The molecule has 1 aliphatic rings. The Labute approximate surface area is 120 Å². The molecule has 2 aromatic rings. The van der Waals surface area contributed by atoms with Gasteiger partial charge >= 0.3 is 0 Å². The molecule has 0 radical (unpaired) electrons. The Morgan fingerprint density at radius 1 is 0.850 bits per heavy atom. The minimum absolute atomic E-state index is 0.635. The van der Waals surface area contributed by atoms with Crippen LogP contribution in [0, 0.1) is 0 Å². The number of rotatable bonds is 4. The van der Waals surface area contributed by atoms with E-state index in [1.54, 1.807) is 0 Å². The van der Waals surface area contributed by atoms with Crippen molar-refractivity contribution in [3.63, 3.8) is 0 Å². The van der Waals surface area contributed by atoms with Gasteiger partial charge in [-0.25, -0.2) is 0 Å². The van der Waals surface area contributed by atoms with Gasteiger partial charge in [0.1, 0.15) is 0 Å². The zero-order valence-corrected chi connectivity index (χ0v) is 12.1. The second-order valence-electron chi connectivity index (χ2n) is 5.00. The maximum Gasteiger partial charge on any atom is 0.199 e. The number of hydrogen-bond donors (Lipinski definition) is 0. The summed E-state index contributed by atoms with van der Waals surface area (Å²) >= 11 is 0. The SMILES string of the molecule is CCOC1(OCC)Cc2ccccc2-c2ccccc21. The zero-order valence-electron chi connectivity index (χ0n) is 12.1. The van der Waals surface area contributed by atoms with E-state index in [4.69, 9.17) is 9.47 Å². The van der Waals surface area contributed by atoms with E-state index in [-0.39, 0.29) is 0 Å². The highest BCUT2D eigenvalue weighted by Crippen LogP contribution is 2.44. The smallest absolute Gasteiger partial charge is 0.199 e. The molecule has 20 heavy (non-hydrogen) atoms. The number of hydrogen-bond acceptors (Lipinski definition) is 2. The molecular weight excluding hydrogens is 248 g/mol. The summed E-state index contributed by atoms with van der Waals surface area (Å²) in [4.78, 5) is 0. The molecule has 1 aliphatic carbocycles. The average Bonchev–Trinajstić information content (AvgIpc) is 2.48. The van der Waals surface area contributed by atoms with Crippen molar-refractivity contribution in [3.05, 3.63) is 59.7 Å². The maximum atomic E-state index is 6.07. The van der Waals surface area contributed by atoms with Crippen LogP contribution in [-0.4, -0.2) is 13.2 Å². The minimum atomic E-state index is -0.644. The molecule has 104 valence electrons. The predicted octanol–water partition coefficient (Wildman–Crippen LogP) is 4.14. The lowest BCUT2D eigenvalue weighted by atomic mass is 9.81. The third kappa shape index (κ3) is 2.05. The van der Waals surface area contributed by atoms with Crippen molar-refractivity contribution in [1.82, 2.24) is 0 Å². The summed E-state index contributed by atoms with van der Waals surface area (Å²) in [5, 5.41) is 0. The largest absolute Gasteiger partial charge is 0.346 e. The second-order valence-corrected chi connectivity index (χ2v) is 5.00. The van der Waals surface area contributed by atoms with Gasteiger partial charge in [-0.2, -0.15) is 0 Å². The summed E-state index contributed by atoms with van der Waals surface area (Å²) in [7, 11) is 0. The molecule has 0 aliphatic heterocycles. The van der Waals surface area contributed by atoms with E-state index >= 15 is 0 Å². The van der Waals surface area contributed by atoms with Crippen molar-refractivity contribution in [1.29, 1.82) is 0 Å². The molecule has 0 saturated heterocycles. The number of ether oxygens (including phenoxy) is 2. The first-order chi connectivity index (χ1) is 9.80. The lowest BCUT2D eigenvalue weighted by Crippen LogP contribution is -2.38. The lowest BCUT2D eigenvalue weighted by molar-refractivity contribution is -0.242. The topological polar surface area (TPSA) is 18.5 Å². The summed E-state index contributed by atoms with van der Waals surface area (Å²) in [6, 6.07) is 16.9. The van der Waals surface area contributed by atoms with Crippen LogP contribution in [0.3, 0.4) is 0 Å². The number of benzene rings is 2. The van der Waals surface area contributed by atoms with Crippen molar-refractivity contribution >= 4 is 0 Å². The van der Waals surface area contributed by atoms with Crippen molar-refractivity contribution < 1.29 is 9.47 Å². The highest BCUT2D eigenvalue weighted by Gasteiger charge is 2.40. The Hall–Kier alpha value is -1.64. The molecule has 2 nitrogen and oxygen atoms in total. The monoisotopic (exact) mass is 268 g/mol. The van der Waals surface area contributed by atoms with E-state index in [9.17, 15) is 0 Å². The standard InChI is InChI=1S/C18H20O2/c1-3-19-18(20-4-2)13-14-9-5-6-10-15(14)16-11-7-8-12-17(16)18/h5-12H,3-4,13H2,1-2H3. The Morgan fingerprint density at radius 3 is 2.15 bits per heavy atom. The summed E-state index contributed by atoms with van der Waals surface area (Å²) in [5.74, 6) is -0.644. The molecule has 0 N–H and O–H groups in total. The first kappa shape index (κ1) is 13.3. The molecule has 0 fully saturated rings. The molecule has 0 aromatic heterocycles. The summed E-state index contributed by atoms with van der Waals surface area (Å²) < 4.78 is 12.1. The van der Waals surface area contributed by atoms with Gasteiger partial charge in [0.25, 0.3) is 0 Å². The van der Waals surface area contributed by atoms with E-state index in [2.05, 4.69) is 48.5 Å². The third-order valence-corrected chi connectivity index (χ3v) is 3.82. The van der Waals surface area contributed by atoms with E-state index < -0.39 is 5.79 Å². The summed E-state index contributed by atoms with van der Waals surface area (Å²) in [6.07, 6.45) is 0.766.